The van der Waals surface area contributed by atoms with Crippen LogP contribution in [0, 0.1) is 4.77 Å². The molecule has 1 aromatic carbocycles. The molecule has 1 N–H and O–H groups in total. The summed E-state index contributed by atoms with van der Waals surface area (Å²) in [5, 5.41) is 4.06. The van der Waals surface area contributed by atoms with Crippen LogP contribution >= 0.6 is 12.2 Å². The van der Waals surface area contributed by atoms with E-state index >= 15 is 0 Å². The highest BCUT2D eigenvalue weighted by Gasteiger charge is 2.27. The van der Waals surface area contributed by atoms with Gasteiger partial charge in [0.15, 0.2) is 0 Å². The summed E-state index contributed by atoms with van der Waals surface area (Å²) in [6.07, 6.45) is 0. The Morgan fingerprint density at radius 3 is 3.00 bits per heavy atom. The van der Waals surface area contributed by atoms with Crippen LogP contribution in [0.3, 0.4) is 0 Å². The lowest BCUT2D eigenvalue weighted by atomic mass is 10.2. The van der Waals surface area contributed by atoms with Crippen molar-refractivity contribution in [3.05, 3.63) is 29.0 Å². The first-order valence-electron chi connectivity index (χ1n) is 5.01. The van der Waals surface area contributed by atoms with Crippen LogP contribution in [0.5, 0.6) is 0 Å². The molecule has 0 fully saturated rings. The number of fused-ring (bicyclic) bond motifs is 3. The van der Waals surface area contributed by atoms with Gasteiger partial charge < -0.3 is 5.32 Å². The van der Waals surface area contributed by atoms with Crippen molar-refractivity contribution in [3.63, 3.8) is 0 Å². The van der Waals surface area contributed by atoms with Crippen LogP contribution in [0.25, 0.3) is 10.9 Å². The molecule has 0 aliphatic carbocycles. The Balaban J connectivity index is 2.48. The van der Waals surface area contributed by atoms with Gasteiger partial charge in [-0.1, -0.05) is 12.1 Å². The number of anilines is 1. The fraction of sp³-hybridized carbons (Fsp3) is 0.182. The molecular weight excluding hydrogens is 222 g/mol. The van der Waals surface area contributed by atoms with Gasteiger partial charge in [-0.3, -0.25) is 4.79 Å². The van der Waals surface area contributed by atoms with Crippen molar-refractivity contribution in [1.29, 1.82) is 0 Å². The zero-order valence-corrected chi connectivity index (χ0v) is 9.41. The molecule has 4 nitrogen and oxygen atoms in total. The maximum atomic E-state index is 11.9. The lowest BCUT2D eigenvalue weighted by molar-refractivity contribution is 0.0911. The topological polar surface area (TPSA) is 46.9 Å². The number of nitrogens with zero attached hydrogens (tertiary/aromatic N) is 2. The zero-order valence-electron chi connectivity index (χ0n) is 8.60. The van der Waals surface area contributed by atoms with Gasteiger partial charge in [-0.15, -0.1) is 0 Å². The summed E-state index contributed by atoms with van der Waals surface area (Å²) in [6.45, 7) is 1.82. The maximum absolute atomic E-state index is 11.9. The highest BCUT2D eigenvalue weighted by molar-refractivity contribution is 7.71. The van der Waals surface area contributed by atoms with Gasteiger partial charge in [-0.2, -0.15) is 0 Å². The van der Waals surface area contributed by atoms with Crippen LogP contribution in [-0.4, -0.2) is 21.5 Å². The normalized spacial score (nSPS) is 18.6. The fourth-order valence-corrected chi connectivity index (χ4v) is 2.23. The zero-order chi connectivity index (χ0) is 11.3. The molecule has 2 heterocycles. The molecule has 5 heteroatoms. The molecule has 2 aromatic rings. The first-order chi connectivity index (χ1) is 7.68. The smallest absolute Gasteiger partial charge is 0.256 e. The Bertz CT molecular complexity index is 662. The minimum absolute atomic E-state index is 0.0433. The van der Waals surface area contributed by atoms with E-state index < -0.39 is 0 Å². The Morgan fingerprint density at radius 1 is 1.44 bits per heavy atom. The Labute approximate surface area is 96.9 Å². The summed E-state index contributed by atoms with van der Waals surface area (Å²) < 4.78 is 1.79. The predicted octanol–water partition coefficient (Wildman–Crippen LogP) is 2.22. The maximum Gasteiger partial charge on any atom is 0.256 e. The predicted molar refractivity (Wildman–Crippen MR) is 64.3 cm³/mol. The van der Waals surface area contributed by atoms with Crippen LogP contribution in [0.1, 0.15) is 11.7 Å². The molecule has 80 valence electrons. The second-order valence-corrected chi connectivity index (χ2v) is 4.16. The molecule has 1 aliphatic rings. The fourth-order valence-electron chi connectivity index (χ4n) is 1.95. The van der Waals surface area contributed by atoms with Gasteiger partial charge in [0.2, 0.25) is 4.77 Å². The van der Waals surface area contributed by atoms with Crippen LogP contribution in [0.4, 0.5) is 5.82 Å². The quantitative estimate of drug-likeness (QED) is 0.706. The lowest BCUT2D eigenvalue weighted by Gasteiger charge is -2.05. The third-order valence-corrected chi connectivity index (χ3v) is 3.01. The number of hydrogen-bond acceptors (Lipinski definition) is 4. The molecule has 1 aliphatic heterocycles. The second-order valence-electron chi connectivity index (χ2n) is 3.80. The van der Waals surface area contributed by atoms with E-state index in [0.717, 1.165) is 16.7 Å². The average molecular weight is 231 g/mol. The number of aromatic nitrogens is 2. The third-order valence-electron chi connectivity index (χ3n) is 2.73. The minimum Gasteiger partial charge on any atom is -0.359 e. The van der Waals surface area contributed by atoms with E-state index in [1.165, 1.54) is 4.57 Å². The van der Waals surface area contributed by atoms with Crippen molar-refractivity contribution >= 4 is 34.8 Å². The summed E-state index contributed by atoms with van der Waals surface area (Å²) in [5.74, 6) is 0.714. The summed E-state index contributed by atoms with van der Waals surface area (Å²) in [6, 6.07) is 7.40. The monoisotopic (exact) mass is 231 g/mol. The van der Waals surface area contributed by atoms with Crippen LogP contribution in [0.15, 0.2) is 24.3 Å². The first kappa shape index (κ1) is 9.47. The number of hydrogen-bond donors (Lipinski definition) is 1. The standard InChI is InChI=1S/C11H9N3OS/c1-6-10(15)14-9(12-6)7-4-2-3-5-8(7)13-11(14)16/h2-6,12H,1H3. The van der Waals surface area contributed by atoms with Crippen molar-refractivity contribution in [2.24, 2.45) is 0 Å². The van der Waals surface area contributed by atoms with Crippen LogP contribution < -0.4 is 5.32 Å². The van der Waals surface area contributed by atoms with Gasteiger partial charge in [-0.25, -0.2) is 9.55 Å². The van der Waals surface area contributed by atoms with Crippen molar-refractivity contribution in [3.8, 4) is 0 Å². The summed E-state index contributed by atoms with van der Waals surface area (Å²) >= 11 is 5.13. The summed E-state index contributed by atoms with van der Waals surface area (Å²) in [4.78, 5) is 16.1. The lowest BCUT2D eigenvalue weighted by Crippen LogP contribution is -2.20. The van der Waals surface area contributed by atoms with Crippen LogP contribution in [0.2, 0.25) is 0 Å². The molecule has 3 rings (SSSR count). The number of para-hydroxylation sites is 1. The van der Waals surface area contributed by atoms with E-state index in [9.17, 15) is 4.79 Å². The molecule has 0 radical (unpaired) electrons. The first-order valence-corrected chi connectivity index (χ1v) is 5.42. The SMILES string of the molecule is CC1Nc2c3ccccc3nc(=S)n2C1=O. The molecule has 16 heavy (non-hydrogen) atoms. The molecule has 1 unspecified atom stereocenters. The number of carbonyl (C=O) groups excluding carboxylic acids is 1. The van der Waals surface area contributed by atoms with Gasteiger partial charge in [-0.05, 0) is 31.3 Å². The number of benzene rings is 1. The molecule has 0 amide bonds. The highest BCUT2D eigenvalue weighted by atomic mass is 32.1. The molecule has 0 spiro atoms. The van der Waals surface area contributed by atoms with E-state index in [0.29, 0.717) is 4.77 Å². The minimum atomic E-state index is -0.241. The molecule has 0 saturated heterocycles. The highest BCUT2D eigenvalue weighted by Crippen LogP contribution is 2.27. The third kappa shape index (κ3) is 1.12. The largest absolute Gasteiger partial charge is 0.359 e. The van der Waals surface area contributed by atoms with Crippen molar-refractivity contribution in [2.45, 2.75) is 13.0 Å². The van der Waals surface area contributed by atoms with Gasteiger partial charge in [0.25, 0.3) is 5.91 Å². The molecule has 0 bridgehead atoms. The van der Waals surface area contributed by atoms with E-state index in [2.05, 4.69) is 10.3 Å². The average Bonchev–Trinajstić information content (AvgIpc) is 2.57. The Morgan fingerprint density at radius 2 is 2.19 bits per heavy atom. The Hall–Kier alpha value is -1.75. The number of rotatable bonds is 0. The van der Waals surface area contributed by atoms with Gasteiger partial charge in [0.05, 0.1) is 5.52 Å². The van der Waals surface area contributed by atoms with E-state index in [1.807, 2.05) is 31.2 Å². The number of nitrogens with one attached hydrogen (secondary N) is 1. The van der Waals surface area contributed by atoms with Crippen molar-refractivity contribution < 1.29 is 4.79 Å². The van der Waals surface area contributed by atoms with Crippen molar-refractivity contribution in [2.75, 3.05) is 5.32 Å². The second kappa shape index (κ2) is 3.12. The summed E-state index contributed by atoms with van der Waals surface area (Å²) in [7, 11) is 0. The molecule has 1 atom stereocenters. The van der Waals surface area contributed by atoms with E-state index in [1.54, 1.807) is 0 Å². The van der Waals surface area contributed by atoms with Crippen LogP contribution in [-0.2, 0) is 0 Å². The molecule has 1 aromatic heterocycles. The number of carbonyl (C=O) groups is 1. The molecule has 0 saturated carbocycles. The van der Waals surface area contributed by atoms with Gasteiger partial charge in [0.1, 0.15) is 11.9 Å². The Kier molecular flexibility index (Phi) is 1.85. The van der Waals surface area contributed by atoms with Crippen molar-refractivity contribution in [1.82, 2.24) is 9.55 Å². The molecular formula is C11H9N3OS. The van der Waals surface area contributed by atoms with E-state index in [-0.39, 0.29) is 11.9 Å². The van der Waals surface area contributed by atoms with Gasteiger partial charge >= 0.3 is 0 Å². The summed E-state index contributed by atoms with van der Waals surface area (Å²) in [5.41, 5.74) is 0.813. The van der Waals surface area contributed by atoms with E-state index in [4.69, 9.17) is 12.2 Å². The van der Waals surface area contributed by atoms with Gasteiger partial charge in [0, 0.05) is 5.39 Å².